The Labute approximate surface area is 161 Å². The van der Waals surface area contributed by atoms with E-state index in [2.05, 4.69) is 26.5 Å². The van der Waals surface area contributed by atoms with Crippen LogP contribution in [0.3, 0.4) is 0 Å². The lowest BCUT2D eigenvalue weighted by atomic mass is 10.1. The van der Waals surface area contributed by atoms with Crippen molar-refractivity contribution >= 4 is 72.2 Å². The molecule has 0 radical (unpaired) electrons. The van der Waals surface area contributed by atoms with E-state index in [0.717, 1.165) is 20.1 Å². The van der Waals surface area contributed by atoms with Crippen molar-refractivity contribution < 1.29 is 4.79 Å². The first-order valence-electron chi connectivity index (χ1n) is 6.94. The molecule has 0 atom stereocenters. The average Bonchev–Trinajstić information content (AvgIpc) is 2.89. The number of carbonyl (C=O) groups excluding carboxylic acids is 1. The van der Waals surface area contributed by atoms with Crippen LogP contribution in [0.15, 0.2) is 52.0 Å². The third-order valence-corrected chi connectivity index (χ3v) is 5.79. The maximum atomic E-state index is 12.4. The van der Waals surface area contributed by atoms with Gasteiger partial charge in [0.2, 0.25) is 0 Å². The highest BCUT2D eigenvalue weighted by atomic mass is 79.9. The van der Waals surface area contributed by atoms with Crippen LogP contribution < -0.4 is 5.43 Å². The lowest BCUT2D eigenvalue weighted by Crippen LogP contribution is -2.18. The lowest BCUT2D eigenvalue weighted by Gasteiger charge is -2.02. The molecule has 1 amide bonds. The topological polar surface area (TPSA) is 41.5 Å². The molecule has 0 aliphatic carbocycles. The van der Waals surface area contributed by atoms with E-state index in [1.54, 1.807) is 12.1 Å². The molecule has 24 heavy (non-hydrogen) atoms. The SMILES string of the molecule is C/C(=N/NC(=O)c1sc2cc(Br)ccc2c1Cl)c1ccc(Cl)cc1. The summed E-state index contributed by atoms with van der Waals surface area (Å²) < 4.78 is 1.88. The molecule has 0 fully saturated rings. The van der Waals surface area contributed by atoms with Gasteiger partial charge in [0.25, 0.3) is 5.91 Å². The van der Waals surface area contributed by atoms with Crippen molar-refractivity contribution in [1.82, 2.24) is 5.43 Å². The number of hydrazone groups is 1. The number of amides is 1. The van der Waals surface area contributed by atoms with Crippen LogP contribution in [0.4, 0.5) is 0 Å². The monoisotopic (exact) mass is 440 g/mol. The van der Waals surface area contributed by atoms with Gasteiger partial charge in [0.05, 0.1) is 10.7 Å². The van der Waals surface area contributed by atoms with Crippen LogP contribution >= 0.6 is 50.5 Å². The fourth-order valence-corrected chi connectivity index (χ4v) is 4.21. The molecule has 7 heteroatoms. The molecule has 122 valence electrons. The molecule has 2 aromatic carbocycles. The van der Waals surface area contributed by atoms with E-state index in [9.17, 15) is 4.79 Å². The molecular formula is C17H11BrCl2N2OS. The zero-order chi connectivity index (χ0) is 17.3. The first-order valence-corrected chi connectivity index (χ1v) is 9.30. The van der Waals surface area contributed by atoms with E-state index in [0.29, 0.717) is 20.6 Å². The number of thiophene rings is 1. The lowest BCUT2D eigenvalue weighted by molar-refractivity contribution is 0.0959. The third-order valence-electron chi connectivity index (χ3n) is 3.38. The number of fused-ring (bicyclic) bond motifs is 1. The molecule has 3 rings (SSSR count). The van der Waals surface area contributed by atoms with Gasteiger partial charge in [0.1, 0.15) is 4.88 Å². The Morgan fingerprint density at radius 1 is 1.17 bits per heavy atom. The van der Waals surface area contributed by atoms with Crippen molar-refractivity contribution in [1.29, 1.82) is 0 Å². The van der Waals surface area contributed by atoms with E-state index in [-0.39, 0.29) is 5.91 Å². The standard InChI is InChI=1S/C17H11BrCl2N2OS/c1-9(10-2-5-12(19)6-3-10)21-22-17(23)16-15(20)13-7-4-11(18)8-14(13)24-16/h2-8H,1H3,(H,22,23)/b21-9-. The minimum absolute atomic E-state index is 0.328. The molecule has 0 bridgehead atoms. The highest BCUT2D eigenvalue weighted by Crippen LogP contribution is 2.36. The molecule has 1 N–H and O–H groups in total. The summed E-state index contributed by atoms with van der Waals surface area (Å²) >= 11 is 16.9. The zero-order valence-corrected chi connectivity index (χ0v) is 16.4. The van der Waals surface area contributed by atoms with Crippen molar-refractivity contribution in [3.05, 3.63) is 67.4 Å². The fourth-order valence-electron chi connectivity index (χ4n) is 2.13. The van der Waals surface area contributed by atoms with Gasteiger partial charge in [0, 0.05) is 19.6 Å². The molecule has 0 aliphatic heterocycles. The van der Waals surface area contributed by atoms with Crippen LogP contribution in [0.25, 0.3) is 10.1 Å². The highest BCUT2D eigenvalue weighted by Gasteiger charge is 2.17. The van der Waals surface area contributed by atoms with E-state index < -0.39 is 0 Å². The molecule has 0 saturated carbocycles. The maximum Gasteiger partial charge on any atom is 0.283 e. The molecule has 1 aromatic heterocycles. The summed E-state index contributed by atoms with van der Waals surface area (Å²) in [5, 5.41) is 6.09. The highest BCUT2D eigenvalue weighted by molar-refractivity contribution is 9.10. The zero-order valence-electron chi connectivity index (χ0n) is 12.4. The van der Waals surface area contributed by atoms with Gasteiger partial charge in [-0.3, -0.25) is 4.79 Å². The van der Waals surface area contributed by atoms with Gasteiger partial charge < -0.3 is 0 Å². The van der Waals surface area contributed by atoms with E-state index >= 15 is 0 Å². The number of nitrogens with zero attached hydrogens (tertiary/aromatic N) is 1. The summed E-state index contributed by atoms with van der Waals surface area (Å²) in [6.07, 6.45) is 0. The van der Waals surface area contributed by atoms with Gasteiger partial charge in [0.15, 0.2) is 0 Å². The summed E-state index contributed by atoms with van der Waals surface area (Å²) in [4.78, 5) is 12.8. The summed E-state index contributed by atoms with van der Waals surface area (Å²) in [6, 6.07) is 13.0. The summed E-state index contributed by atoms with van der Waals surface area (Å²) in [7, 11) is 0. The molecule has 3 aromatic rings. The predicted octanol–water partition coefficient (Wildman–Crippen LogP) is 6.12. The van der Waals surface area contributed by atoms with E-state index in [1.807, 2.05) is 37.3 Å². The second kappa shape index (κ2) is 7.23. The first-order chi connectivity index (χ1) is 11.5. The molecule has 0 aliphatic rings. The van der Waals surface area contributed by atoms with Gasteiger partial charge in [-0.15, -0.1) is 11.3 Å². The van der Waals surface area contributed by atoms with Gasteiger partial charge in [-0.25, -0.2) is 5.43 Å². The van der Waals surface area contributed by atoms with Gasteiger partial charge in [-0.2, -0.15) is 5.10 Å². The second-order valence-electron chi connectivity index (χ2n) is 5.03. The quantitative estimate of drug-likeness (QED) is 0.385. The Morgan fingerprint density at radius 2 is 1.88 bits per heavy atom. The maximum absolute atomic E-state index is 12.4. The van der Waals surface area contributed by atoms with Crippen molar-refractivity contribution in [2.45, 2.75) is 6.92 Å². The van der Waals surface area contributed by atoms with Crippen LogP contribution in [-0.4, -0.2) is 11.6 Å². The predicted molar refractivity (Wildman–Crippen MR) is 106 cm³/mol. The molecular weight excluding hydrogens is 431 g/mol. The normalized spacial score (nSPS) is 11.8. The van der Waals surface area contributed by atoms with Crippen LogP contribution in [0.5, 0.6) is 0 Å². The molecule has 3 nitrogen and oxygen atoms in total. The average molecular weight is 442 g/mol. The number of nitrogens with one attached hydrogen (secondary N) is 1. The van der Waals surface area contributed by atoms with Gasteiger partial charge in [-0.1, -0.05) is 57.3 Å². The Bertz CT molecular complexity index is 951. The molecule has 0 spiro atoms. The van der Waals surface area contributed by atoms with E-state index in [4.69, 9.17) is 23.2 Å². The van der Waals surface area contributed by atoms with Crippen LogP contribution in [0.1, 0.15) is 22.2 Å². The first kappa shape index (κ1) is 17.4. The number of benzene rings is 2. The molecule has 1 heterocycles. The number of rotatable bonds is 3. The summed E-state index contributed by atoms with van der Waals surface area (Å²) in [5.74, 6) is -0.328. The second-order valence-corrected chi connectivity index (χ2v) is 7.81. The Morgan fingerprint density at radius 3 is 2.58 bits per heavy atom. The smallest absolute Gasteiger partial charge is 0.266 e. The van der Waals surface area contributed by atoms with Crippen molar-refractivity contribution in [2.24, 2.45) is 5.10 Å². The van der Waals surface area contributed by atoms with Crippen molar-refractivity contribution in [3.63, 3.8) is 0 Å². The Hall–Kier alpha value is -1.40. The van der Waals surface area contributed by atoms with Crippen LogP contribution in [-0.2, 0) is 0 Å². The Kier molecular flexibility index (Phi) is 5.25. The Balaban J connectivity index is 1.83. The van der Waals surface area contributed by atoms with Crippen LogP contribution in [0, 0.1) is 0 Å². The minimum atomic E-state index is -0.328. The molecule has 0 saturated heterocycles. The van der Waals surface area contributed by atoms with Crippen molar-refractivity contribution in [3.8, 4) is 0 Å². The summed E-state index contributed by atoms with van der Waals surface area (Å²) in [6.45, 7) is 1.81. The minimum Gasteiger partial charge on any atom is -0.266 e. The largest absolute Gasteiger partial charge is 0.283 e. The van der Waals surface area contributed by atoms with Gasteiger partial charge in [-0.05, 0) is 36.8 Å². The number of halogens is 3. The molecule has 0 unspecified atom stereocenters. The third kappa shape index (κ3) is 3.64. The van der Waals surface area contributed by atoms with Crippen molar-refractivity contribution in [2.75, 3.05) is 0 Å². The summed E-state index contributed by atoms with van der Waals surface area (Å²) in [5.41, 5.74) is 4.12. The number of hydrogen-bond donors (Lipinski definition) is 1. The fraction of sp³-hybridized carbons (Fsp3) is 0.0588. The van der Waals surface area contributed by atoms with Crippen LogP contribution in [0.2, 0.25) is 10.0 Å². The van der Waals surface area contributed by atoms with Gasteiger partial charge >= 0.3 is 0 Å². The van der Waals surface area contributed by atoms with E-state index in [1.165, 1.54) is 11.3 Å². The number of hydrogen-bond acceptors (Lipinski definition) is 3. The number of carbonyl (C=O) groups is 1.